The average Bonchev–Trinajstić information content (AvgIpc) is 2.47. The van der Waals surface area contributed by atoms with Gasteiger partial charge in [0.25, 0.3) is 5.56 Å². The lowest BCUT2D eigenvalue weighted by molar-refractivity contribution is 0.554. The summed E-state index contributed by atoms with van der Waals surface area (Å²) < 4.78 is 6.89. The summed E-state index contributed by atoms with van der Waals surface area (Å²) in [5.41, 5.74) is 2.47. The summed E-state index contributed by atoms with van der Waals surface area (Å²) >= 11 is 0. The quantitative estimate of drug-likeness (QED) is 0.746. The van der Waals surface area contributed by atoms with Gasteiger partial charge in [0.1, 0.15) is 5.58 Å². The Balaban J connectivity index is 2.07. The molecule has 4 heteroatoms. The van der Waals surface area contributed by atoms with Crippen molar-refractivity contribution < 1.29 is 4.42 Å². The monoisotopic (exact) mass is 295 g/mol. The summed E-state index contributed by atoms with van der Waals surface area (Å²) in [6.07, 6.45) is 0.781. The molecule has 0 aliphatic rings. The maximum Gasteiger partial charge on any atom is 0.336 e. The predicted molar refractivity (Wildman–Crippen MR) is 86.4 cm³/mol. The number of benzene rings is 1. The molecule has 1 aromatic carbocycles. The van der Waals surface area contributed by atoms with E-state index in [1.165, 1.54) is 11.6 Å². The molecular formula is C18H17NO3. The zero-order valence-corrected chi connectivity index (χ0v) is 12.6. The van der Waals surface area contributed by atoms with Crippen molar-refractivity contribution in [2.75, 3.05) is 0 Å². The summed E-state index contributed by atoms with van der Waals surface area (Å²) in [5, 5.41) is 0.485. The first-order valence-corrected chi connectivity index (χ1v) is 7.25. The maximum atomic E-state index is 12.7. The van der Waals surface area contributed by atoms with Crippen molar-refractivity contribution in [3.8, 4) is 0 Å². The first-order chi connectivity index (χ1) is 10.6. The van der Waals surface area contributed by atoms with Crippen LogP contribution in [-0.2, 0) is 13.0 Å². The molecule has 0 saturated heterocycles. The lowest BCUT2D eigenvalue weighted by Gasteiger charge is -2.12. The maximum absolute atomic E-state index is 12.7. The third-order valence-electron chi connectivity index (χ3n) is 3.88. The molecule has 0 atom stereocenters. The van der Waals surface area contributed by atoms with Crippen molar-refractivity contribution in [3.63, 3.8) is 0 Å². The standard InChI is InChI=1S/C18H17NO3/c1-12-10-16(20)22-15-11-13(2)19(18(21)17(12)15)9-8-14-6-4-3-5-7-14/h3-7,10-11H,8-9H2,1-2H3. The van der Waals surface area contributed by atoms with Crippen LogP contribution < -0.4 is 11.2 Å². The van der Waals surface area contributed by atoms with E-state index in [0.717, 1.165) is 12.1 Å². The van der Waals surface area contributed by atoms with Gasteiger partial charge in [0, 0.05) is 24.4 Å². The van der Waals surface area contributed by atoms with Gasteiger partial charge >= 0.3 is 5.63 Å². The Bertz CT molecular complexity index is 936. The summed E-state index contributed by atoms with van der Waals surface area (Å²) in [4.78, 5) is 24.2. The van der Waals surface area contributed by atoms with Crippen LogP contribution in [0, 0.1) is 13.8 Å². The van der Waals surface area contributed by atoms with Gasteiger partial charge < -0.3 is 8.98 Å². The summed E-state index contributed by atoms with van der Waals surface area (Å²) in [5.74, 6) is 0. The Morgan fingerprint density at radius 3 is 2.50 bits per heavy atom. The minimum absolute atomic E-state index is 0.104. The lowest BCUT2D eigenvalue weighted by Crippen LogP contribution is -2.24. The predicted octanol–water partition coefficient (Wildman–Crippen LogP) is 2.81. The van der Waals surface area contributed by atoms with E-state index in [9.17, 15) is 9.59 Å². The van der Waals surface area contributed by atoms with Gasteiger partial charge in [-0.25, -0.2) is 4.79 Å². The molecule has 0 bridgehead atoms. The molecule has 0 unspecified atom stereocenters. The Morgan fingerprint density at radius 1 is 1.05 bits per heavy atom. The molecule has 2 aromatic heterocycles. The molecule has 0 radical (unpaired) electrons. The van der Waals surface area contributed by atoms with Crippen molar-refractivity contribution >= 4 is 11.0 Å². The molecule has 0 aliphatic heterocycles. The van der Waals surface area contributed by atoms with E-state index >= 15 is 0 Å². The number of nitrogens with zero attached hydrogens (tertiary/aromatic N) is 1. The van der Waals surface area contributed by atoms with E-state index in [2.05, 4.69) is 0 Å². The largest absolute Gasteiger partial charge is 0.422 e. The highest BCUT2D eigenvalue weighted by Crippen LogP contribution is 2.14. The molecule has 22 heavy (non-hydrogen) atoms. The van der Waals surface area contributed by atoms with Crippen LogP contribution in [0.15, 0.2) is 56.5 Å². The highest BCUT2D eigenvalue weighted by atomic mass is 16.4. The van der Waals surface area contributed by atoms with Crippen LogP contribution in [0.25, 0.3) is 11.0 Å². The van der Waals surface area contributed by atoms with Crippen molar-refractivity contribution in [2.45, 2.75) is 26.8 Å². The van der Waals surface area contributed by atoms with E-state index in [-0.39, 0.29) is 5.56 Å². The second-order valence-electron chi connectivity index (χ2n) is 5.47. The van der Waals surface area contributed by atoms with Crippen LogP contribution in [0.4, 0.5) is 0 Å². The molecule has 0 fully saturated rings. The third-order valence-corrected chi connectivity index (χ3v) is 3.88. The molecule has 2 heterocycles. The fourth-order valence-corrected chi connectivity index (χ4v) is 2.73. The molecule has 4 nitrogen and oxygen atoms in total. The number of pyridine rings is 1. The average molecular weight is 295 g/mol. The van der Waals surface area contributed by atoms with Crippen molar-refractivity contribution in [1.82, 2.24) is 4.57 Å². The second-order valence-corrected chi connectivity index (χ2v) is 5.47. The van der Waals surface area contributed by atoms with Gasteiger partial charge in [0.05, 0.1) is 5.39 Å². The molecule has 3 aromatic rings. The van der Waals surface area contributed by atoms with Gasteiger partial charge in [-0.3, -0.25) is 4.79 Å². The molecule has 0 amide bonds. The Hall–Kier alpha value is -2.62. The van der Waals surface area contributed by atoms with Gasteiger partial charge in [-0.2, -0.15) is 0 Å². The highest BCUT2D eigenvalue weighted by Gasteiger charge is 2.11. The van der Waals surface area contributed by atoms with Crippen LogP contribution >= 0.6 is 0 Å². The van der Waals surface area contributed by atoms with E-state index in [1.807, 2.05) is 37.3 Å². The summed E-state index contributed by atoms with van der Waals surface area (Å²) in [6, 6.07) is 13.2. The number of fused-ring (bicyclic) bond motifs is 1. The Labute approximate surface area is 127 Å². The van der Waals surface area contributed by atoms with Gasteiger partial charge in [-0.15, -0.1) is 0 Å². The molecule has 0 N–H and O–H groups in total. The van der Waals surface area contributed by atoms with Crippen LogP contribution in [0.3, 0.4) is 0 Å². The van der Waals surface area contributed by atoms with Crippen LogP contribution in [-0.4, -0.2) is 4.57 Å². The molecule has 0 saturated carbocycles. The first-order valence-electron chi connectivity index (χ1n) is 7.25. The molecule has 0 spiro atoms. The SMILES string of the molecule is Cc1cc(=O)oc2cc(C)n(CCc3ccccc3)c(=O)c12. The summed E-state index contributed by atoms with van der Waals surface area (Å²) in [6.45, 7) is 4.22. The fraction of sp³-hybridized carbons (Fsp3) is 0.222. The van der Waals surface area contributed by atoms with Crippen molar-refractivity contribution in [1.29, 1.82) is 0 Å². The summed E-state index contributed by atoms with van der Waals surface area (Å²) in [7, 11) is 0. The fourth-order valence-electron chi connectivity index (χ4n) is 2.73. The molecular weight excluding hydrogens is 278 g/mol. The Morgan fingerprint density at radius 2 is 1.77 bits per heavy atom. The van der Waals surface area contributed by atoms with Crippen LogP contribution in [0.5, 0.6) is 0 Å². The van der Waals surface area contributed by atoms with E-state index in [1.54, 1.807) is 17.6 Å². The lowest BCUT2D eigenvalue weighted by atomic mass is 10.1. The van der Waals surface area contributed by atoms with Crippen LogP contribution in [0.1, 0.15) is 16.8 Å². The molecule has 0 aliphatic carbocycles. The first kappa shape index (κ1) is 14.3. The highest BCUT2D eigenvalue weighted by molar-refractivity contribution is 5.79. The second kappa shape index (κ2) is 5.64. The van der Waals surface area contributed by atoms with Crippen molar-refractivity contribution in [3.05, 3.63) is 80.1 Å². The van der Waals surface area contributed by atoms with Gasteiger partial charge in [-0.1, -0.05) is 30.3 Å². The molecule has 112 valence electrons. The topological polar surface area (TPSA) is 52.2 Å². The van der Waals surface area contributed by atoms with Gasteiger partial charge in [0.2, 0.25) is 0 Å². The zero-order chi connectivity index (χ0) is 15.7. The van der Waals surface area contributed by atoms with Crippen LogP contribution in [0.2, 0.25) is 0 Å². The number of aryl methyl sites for hydroxylation is 3. The van der Waals surface area contributed by atoms with E-state index in [0.29, 0.717) is 23.1 Å². The Kier molecular flexibility index (Phi) is 3.67. The van der Waals surface area contributed by atoms with Gasteiger partial charge in [0.15, 0.2) is 0 Å². The molecule has 3 rings (SSSR count). The normalized spacial score (nSPS) is 11.0. The minimum atomic E-state index is -0.425. The minimum Gasteiger partial charge on any atom is -0.422 e. The third kappa shape index (κ3) is 2.60. The zero-order valence-electron chi connectivity index (χ0n) is 12.6. The van der Waals surface area contributed by atoms with E-state index < -0.39 is 5.63 Å². The van der Waals surface area contributed by atoms with E-state index in [4.69, 9.17) is 4.42 Å². The van der Waals surface area contributed by atoms with Crippen molar-refractivity contribution in [2.24, 2.45) is 0 Å². The number of hydrogen-bond donors (Lipinski definition) is 0. The smallest absolute Gasteiger partial charge is 0.336 e. The van der Waals surface area contributed by atoms with Gasteiger partial charge in [-0.05, 0) is 31.4 Å². The number of aromatic nitrogens is 1. The number of hydrogen-bond acceptors (Lipinski definition) is 3. The number of rotatable bonds is 3.